The van der Waals surface area contributed by atoms with E-state index >= 15 is 0 Å². The van der Waals surface area contributed by atoms with Crippen LogP contribution in [-0.2, 0) is 9.84 Å². The summed E-state index contributed by atoms with van der Waals surface area (Å²) < 4.78 is 37.9. The van der Waals surface area contributed by atoms with Crippen molar-refractivity contribution in [2.24, 2.45) is 0 Å². The summed E-state index contributed by atoms with van der Waals surface area (Å²) in [6.45, 7) is 1.80. The van der Waals surface area contributed by atoms with E-state index in [9.17, 15) is 12.8 Å². The third-order valence-electron chi connectivity index (χ3n) is 3.78. The van der Waals surface area contributed by atoms with Crippen molar-refractivity contribution in [3.63, 3.8) is 0 Å². The molecule has 2 heterocycles. The summed E-state index contributed by atoms with van der Waals surface area (Å²) in [6, 6.07) is 5.94. The molecule has 0 amide bonds. The quantitative estimate of drug-likeness (QED) is 0.919. The van der Waals surface area contributed by atoms with Crippen LogP contribution in [-0.4, -0.2) is 29.7 Å². The number of aryl methyl sites for hydroxylation is 1. The van der Waals surface area contributed by atoms with Gasteiger partial charge in [-0.1, -0.05) is 0 Å². The van der Waals surface area contributed by atoms with E-state index in [1.807, 2.05) is 0 Å². The number of anilines is 1. The summed E-state index contributed by atoms with van der Waals surface area (Å²) in [5, 5.41) is 4.42. The fourth-order valence-electron chi connectivity index (χ4n) is 2.72. The molecule has 0 radical (unpaired) electrons. The molecule has 2 N–H and O–H groups in total. The van der Waals surface area contributed by atoms with E-state index in [-0.39, 0.29) is 23.4 Å². The molecule has 112 valence electrons. The SMILES string of the molecule is Cc1cc(F)ccc1-c1cc(N)n(C2CCS(=O)(=O)C2)n1. The van der Waals surface area contributed by atoms with Crippen molar-refractivity contribution < 1.29 is 12.8 Å². The Labute approximate surface area is 122 Å². The minimum absolute atomic E-state index is 0.0702. The Morgan fingerprint density at radius 1 is 1.38 bits per heavy atom. The van der Waals surface area contributed by atoms with Crippen LogP contribution in [0.5, 0.6) is 0 Å². The molecule has 1 aromatic heterocycles. The van der Waals surface area contributed by atoms with Crippen LogP contribution >= 0.6 is 0 Å². The monoisotopic (exact) mass is 309 g/mol. The largest absolute Gasteiger partial charge is 0.384 e. The topological polar surface area (TPSA) is 78.0 Å². The predicted molar refractivity (Wildman–Crippen MR) is 79.1 cm³/mol. The number of nitrogens with two attached hydrogens (primary N) is 1. The number of aromatic nitrogens is 2. The lowest BCUT2D eigenvalue weighted by atomic mass is 10.1. The summed E-state index contributed by atoms with van der Waals surface area (Å²) in [4.78, 5) is 0. The maximum atomic E-state index is 13.2. The van der Waals surface area contributed by atoms with Crippen LogP contribution in [0.15, 0.2) is 24.3 Å². The van der Waals surface area contributed by atoms with Crippen molar-refractivity contribution in [2.45, 2.75) is 19.4 Å². The van der Waals surface area contributed by atoms with Crippen LogP contribution in [0.2, 0.25) is 0 Å². The van der Waals surface area contributed by atoms with Gasteiger partial charge in [-0.3, -0.25) is 0 Å². The Morgan fingerprint density at radius 3 is 2.76 bits per heavy atom. The maximum Gasteiger partial charge on any atom is 0.152 e. The zero-order chi connectivity index (χ0) is 15.2. The highest BCUT2D eigenvalue weighted by Gasteiger charge is 2.31. The Balaban J connectivity index is 1.98. The average Bonchev–Trinajstić information content (AvgIpc) is 2.92. The molecule has 5 nitrogen and oxygen atoms in total. The van der Waals surface area contributed by atoms with E-state index in [0.29, 0.717) is 17.9 Å². The Morgan fingerprint density at radius 2 is 2.14 bits per heavy atom. The highest BCUT2D eigenvalue weighted by atomic mass is 32.2. The zero-order valence-electron chi connectivity index (χ0n) is 11.6. The van der Waals surface area contributed by atoms with E-state index in [1.165, 1.54) is 12.1 Å². The van der Waals surface area contributed by atoms with Crippen LogP contribution in [0.25, 0.3) is 11.3 Å². The minimum Gasteiger partial charge on any atom is -0.384 e. The Bertz CT molecular complexity index is 799. The van der Waals surface area contributed by atoms with Crippen LogP contribution in [0.3, 0.4) is 0 Å². The fraction of sp³-hybridized carbons (Fsp3) is 0.357. The van der Waals surface area contributed by atoms with Gasteiger partial charge in [-0.25, -0.2) is 17.5 Å². The van der Waals surface area contributed by atoms with Gasteiger partial charge in [0.1, 0.15) is 11.6 Å². The van der Waals surface area contributed by atoms with E-state index in [4.69, 9.17) is 5.73 Å². The number of rotatable bonds is 2. The number of nitrogens with zero attached hydrogens (tertiary/aromatic N) is 2. The van der Waals surface area contributed by atoms with Crippen molar-refractivity contribution in [1.29, 1.82) is 0 Å². The van der Waals surface area contributed by atoms with Gasteiger partial charge in [-0.05, 0) is 37.1 Å². The van der Waals surface area contributed by atoms with Gasteiger partial charge in [0.2, 0.25) is 0 Å². The first-order valence-electron chi connectivity index (χ1n) is 6.68. The molecule has 1 unspecified atom stereocenters. The van der Waals surface area contributed by atoms with E-state index in [0.717, 1.165) is 11.1 Å². The van der Waals surface area contributed by atoms with Gasteiger partial charge in [0.15, 0.2) is 9.84 Å². The first-order chi connectivity index (χ1) is 9.85. The van der Waals surface area contributed by atoms with Gasteiger partial charge in [-0.2, -0.15) is 5.10 Å². The molecule has 3 rings (SSSR count). The van der Waals surface area contributed by atoms with Crippen LogP contribution in [0.1, 0.15) is 18.0 Å². The molecule has 1 aliphatic heterocycles. The van der Waals surface area contributed by atoms with Crippen LogP contribution in [0.4, 0.5) is 10.2 Å². The molecule has 1 aliphatic rings. The molecule has 0 bridgehead atoms. The van der Waals surface area contributed by atoms with Crippen LogP contribution in [0, 0.1) is 12.7 Å². The van der Waals surface area contributed by atoms with Crippen molar-refractivity contribution in [1.82, 2.24) is 9.78 Å². The normalized spacial score (nSPS) is 20.8. The summed E-state index contributed by atoms with van der Waals surface area (Å²) in [7, 11) is -3.00. The lowest BCUT2D eigenvalue weighted by molar-refractivity contribution is 0.508. The molecule has 1 saturated heterocycles. The van der Waals surface area contributed by atoms with E-state index in [2.05, 4.69) is 5.10 Å². The third-order valence-corrected chi connectivity index (χ3v) is 5.53. The number of nitrogen functional groups attached to an aromatic ring is 1. The van der Waals surface area contributed by atoms with Gasteiger partial charge in [0.25, 0.3) is 0 Å². The second kappa shape index (κ2) is 4.84. The smallest absolute Gasteiger partial charge is 0.152 e. The number of hydrogen-bond acceptors (Lipinski definition) is 4. The van der Waals surface area contributed by atoms with Gasteiger partial charge >= 0.3 is 0 Å². The summed E-state index contributed by atoms with van der Waals surface area (Å²) >= 11 is 0. The molecule has 1 fully saturated rings. The van der Waals surface area contributed by atoms with Gasteiger partial charge in [-0.15, -0.1) is 0 Å². The average molecular weight is 309 g/mol. The van der Waals surface area contributed by atoms with Gasteiger partial charge in [0, 0.05) is 11.6 Å². The molecule has 1 atom stereocenters. The second-order valence-electron chi connectivity index (χ2n) is 5.42. The molecular weight excluding hydrogens is 293 g/mol. The number of sulfone groups is 1. The summed E-state index contributed by atoms with van der Waals surface area (Å²) in [5.74, 6) is 0.365. The second-order valence-corrected chi connectivity index (χ2v) is 7.64. The highest BCUT2D eigenvalue weighted by molar-refractivity contribution is 7.91. The predicted octanol–water partition coefficient (Wildman–Crippen LogP) is 1.94. The lowest BCUT2D eigenvalue weighted by Crippen LogP contribution is -2.14. The first-order valence-corrected chi connectivity index (χ1v) is 8.50. The fourth-order valence-corrected chi connectivity index (χ4v) is 4.41. The van der Waals surface area contributed by atoms with Crippen molar-refractivity contribution in [3.05, 3.63) is 35.6 Å². The van der Waals surface area contributed by atoms with Crippen molar-refractivity contribution in [3.8, 4) is 11.3 Å². The lowest BCUT2D eigenvalue weighted by Gasteiger charge is -2.10. The molecule has 1 aromatic carbocycles. The Hall–Kier alpha value is -1.89. The third kappa shape index (κ3) is 2.65. The summed E-state index contributed by atoms with van der Waals surface area (Å²) in [6.07, 6.45) is 0.524. The summed E-state index contributed by atoms with van der Waals surface area (Å²) in [5.41, 5.74) is 8.15. The first kappa shape index (κ1) is 14.1. The van der Waals surface area contributed by atoms with Gasteiger partial charge in [0.05, 0.1) is 23.2 Å². The number of halogens is 1. The molecular formula is C14H16FN3O2S. The molecule has 7 heteroatoms. The molecule has 0 saturated carbocycles. The molecule has 21 heavy (non-hydrogen) atoms. The van der Waals surface area contributed by atoms with E-state index < -0.39 is 9.84 Å². The highest BCUT2D eigenvalue weighted by Crippen LogP contribution is 2.30. The molecule has 0 spiro atoms. The number of benzene rings is 1. The van der Waals surface area contributed by atoms with Crippen LogP contribution < -0.4 is 5.73 Å². The van der Waals surface area contributed by atoms with Gasteiger partial charge < -0.3 is 5.73 Å². The zero-order valence-corrected chi connectivity index (χ0v) is 12.4. The van der Waals surface area contributed by atoms with E-state index in [1.54, 1.807) is 23.7 Å². The molecule has 2 aromatic rings. The minimum atomic E-state index is -3.00. The van der Waals surface area contributed by atoms with Crippen molar-refractivity contribution in [2.75, 3.05) is 17.2 Å². The number of hydrogen-bond donors (Lipinski definition) is 1. The maximum absolute atomic E-state index is 13.2. The Kier molecular flexibility index (Phi) is 3.24. The standard InChI is InChI=1S/C14H16FN3O2S/c1-9-6-10(15)2-3-12(9)13-7-14(16)18(17-13)11-4-5-21(19,20)8-11/h2-3,6-7,11H,4-5,8,16H2,1H3. The molecule has 0 aliphatic carbocycles. The van der Waals surface area contributed by atoms with Crippen molar-refractivity contribution >= 4 is 15.7 Å².